The molecule has 0 bridgehead atoms. The first-order valence-corrected chi connectivity index (χ1v) is 7.24. The summed E-state index contributed by atoms with van der Waals surface area (Å²) in [6.45, 7) is 6.81. The van der Waals surface area contributed by atoms with E-state index in [0.29, 0.717) is 19.0 Å². The van der Waals surface area contributed by atoms with Crippen molar-refractivity contribution in [1.82, 2.24) is 9.97 Å². The third kappa shape index (κ3) is 5.11. The van der Waals surface area contributed by atoms with Gasteiger partial charge >= 0.3 is 0 Å². The van der Waals surface area contributed by atoms with E-state index in [1.54, 1.807) is 14.2 Å². The molecular weight excluding hydrogens is 270 g/mol. The zero-order chi connectivity index (χ0) is 15.7. The molecule has 7 nitrogen and oxygen atoms in total. The molecule has 1 aromatic heterocycles. The molecule has 21 heavy (non-hydrogen) atoms. The molecule has 3 N–H and O–H groups in total. The SMILES string of the molecule is CCCc1nc(NN)c(C)c(N(CCOC)CCOC)n1. The lowest BCUT2D eigenvalue weighted by atomic mass is 10.2. The van der Waals surface area contributed by atoms with Crippen molar-refractivity contribution in [2.45, 2.75) is 26.7 Å². The van der Waals surface area contributed by atoms with Crippen molar-refractivity contribution in [2.75, 3.05) is 50.8 Å². The normalized spacial score (nSPS) is 10.7. The van der Waals surface area contributed by atoms with Gasteiger partial charge in [-0.3, -0.25) is 0 Å². The zero-order valence-corrected chi connectivity index (χ0v) is 13.5. The lowest BCUT2D eigenvalue weighted by molar-refractivity contribution is 0.190. The summed E-state index contributed by atoms with van der Waals surface area (Å²) >= 11 is 0. The van der Waals surface area contributed by atoms with Crippen molar-refractivity contribution in [2.24, 2.45) is 5.84 Å². The number of anilines is 2. The Morgan fingerprint density at radius 3 is 2.24 bits per heavy atom. The predicted octanol–water partition coefficient (Wildman–Crippen LogP) is 1.12. The van der Waals surface area contributed by atoms with Crippen molar-refractivity contribution in [1.29, 1.82) is 0 Å². The van der Waals surface area contributed by atoms with E-state index >= 15 is 0 Å². The molecule has 120 valence electrons. The van der Waals surface area contributed by atoms with Gasteiger partial charge in [0.25, 0.3) is 0 Å². The lowest BCUT2D eigenvalue weighted by Crippen LogP contribution is -2.33. The molecule has 0 atom stereocenters. The van der Waals surface area contributed by atoms with Crippen LogP contribution in [0.1, 0.15) is 24.7 Å². The van der Waals surface area contributed by atoms with Crippen LogP contribution in [0.25, 0.3) is 0 Å². The highest BCUT2D eigenvalue weighted by atomic mass is 16.5. The molecule has 0 spiro atoms. The fraction of sp³-hybridized carbons (Fsp3) is 0.714. The number of nitrogens with one attached hydrogen (secondary N) is 1. The molecule has 0 radical (unpaired) electrons. The van der Waals surface area contributed by atoms with Gasteiger partial charge in [-0.05, 0) is 13.3 Å². The van der Waals surface area contributed by atoms with Gasteiger partial charge in [0.15, 0.2) is 0 Å². The zero-order valence-electron chi connectivity index (χ0n) is 13.5. The van der Waals surface area contributed by atoms with E-state index in [2.05, 4.69) is 27.2 Å². The van der Waals surface area contributed by atoms with E-state index in [-0.39, 0.29) is 0 Å². The smallest absolute Gasteiger partial charge is 0.148 e. The van der Waals surface area contributed by atoms with Crippen LogP contribution in [0.2, 0.25) is 0 Å². The number of hydrogen-bond acceptors (Lipinski definition) is 7. The molecule has 7 heteroatoms. The highest BCUT2D eigenvalue weighted by Crippen LogP contribution is 2.23. The Balaban J connectivity index is 3.10. The van der Waals surface area contributed by atoms with Gasteiger partial charge in [-0.2, -0.15) is 0 Å². The Hall–Kier alpha value is -1.44. The molecule has 0 saturated heterocycles. The summed E-state index contributed by atoms with van der Waals surface area (Å²) in [6, 6.07) is 0. The number of hydrazine groups is 1. The number of hydrogen-bond donors (Lipinski definition) is 2. The molecule has 0 aliphatic carbocycles. The fourth-order valence-electron chi connectivity index (χ4n) is 2.06. The Morgan fingerprint density at radius 2 is 1.76 bits per heavy atom. The monoisotopic (exact) mass is 297 g/mol. The number of aromatic nitrogens is 2. The van der Waals surface area contributed by atoms with E-state index in [4.69, 9.17) is 15.3 Å². The summed E-state index contributed by atoms with van der Waals surface area (Å²) in [5.41, 5.74) is 3.60. The maximum absolute atomic E-state index is 5.58. The minimum absolute atomic E-state index is 0.627. The van der Waals surface area contributed by atoms with E-state index in [1.807, 2.05) is 6.92 Å². The highest BCUT2D eigenvalue weighted by molar-refractivity contribution is 5.58. The molecule has 0 unspecified atom stereocenters. The number of nitrogens with zero attached hydrogens (tertiary/aromatic N) is 3. The molecule has 0 aromatic carbocycles. The molecule has 0 aliphatic heterocycles. The van der Waals surface area contributed by atoms with Crippen LogP contribution in [0.3, 0.4) is 0 Å². The number of aryl methyl sites for hydroxylation is 1. The fourth-order valence-corrected chi connectivity index (χ4v) is 2.06. The van der Waals surface area contributed by atoms with Crippen LogP contribution in [-0.4, -0.2) is 50.5 Å². The highest BCUT2D eigenvalue weighted by Gasteiger charge is 2.16. The van der Waals surface area contributed by atoms with Crippen LogP contribution in [0.5, 0.6) is 0 Å². The molecule has 1 rings (SSSR count). The average molecular weight is 297 g/mol. The summed E-state index contributed by atoms with van der Waals surface area (Å²) in [7, 11) is 3.38. The second-order valence-electron chi connectivity index (χ2n) is 4.80. The van der Waals surface area contributed by atoms with Crippen molar-refractivity contribution >= 4 is 11.6 Å². The number of nitrogen functional groups attached to an aromatic ring is 1. The maximum atomic E-state index is 5.58. The molecule has 0 amide bonds. The number of ether oxygens (including phenoxy) is 2. The molecule has 1 aromatic rings. The van der Waals surface area contributed by atoms with Gasteiger partial charge in [-0.1, -0.05) is 6.92 Å². The van der Waals surface area contributed by atoms with Crippen molar-refractivity contribution in [3.8, 4) is 0 Å². The molecule has 1 heterocycles. The van der Waals surface area contributed by atoms with E-state index in [1.165, 1.54) is 0 Å². The van der Waals surface area contributed by atoms with Crippen LogP contribution < -0.4 is 16.2 Å². The number of methoxy groups -OCH3 is 2. The molecule has 0 fully saturated rings. The standard InChI is InChI=1S/C14H27N5O2/c1-5-6-12-16-13(18-15)11(2)14(17-12)19(7-9-20-3)8-10-21-4/h5-10,15H2,1-4H3,(H,16,17,18). The number of rotatable bonds is 10. The number of nitrogens with two attached hydrogens (primary N) is 1. The Labute approximate surface area is 126 Å². The van der Waals surface area contributed by atoms with Crippen LogP contribution in [0.4, 0.5) is 11.6 Å². The quantitative estimate of drug-likeness (QED) is 0.494. The van der Waals surface area contributed by atoms with Crippen molar-refractivity contribution in [3.05, 3.63) is 11.4 Å². The van der Waals surface area contributed by atoms with E-state index in [0.717, 1.165) is 43.1 Å². The third-order valence-corrected chi connectivity index (χ3v) is 3.21. The van der Waals surface area contributed by atoms with Crippen molar-refractivity contribution < 1.29 is 9.47 Å². The third-order valence-electron chi connectivity index (χ3n) is 3.21. The molecular formula is C14H27N5O2. The first kappa shape index (κ1) is 17.6. The van der Waals surface area contributed by atoms with Gasteiger partial charge in [0.1, 0.15) is 17.5 Å². The summed E-state index contributed by atoms with van der Waals surface area (Å²) in [5.74, 6) is 7.93. The molecule has 0 aliphatic rings. The van der Waals surface area contributed by atoms with Gasteiger partial charge in [-0.15, -0.1) is 0 Å². The van der Waals surface area contributed by atoms with Crippen LogP contribution >= 0.6 is 0 Å². The second kappa shape index (κ2) is 9.49. The minimum atomic E-state index is 0.627. The van der Waals surface area contributed by atoms with Crippen LogP contribution in [-0.2, 0) is 15.9 Å². The Morgan fingerprint density at radius 1 is 1.14 bits per heavy atom. The second-order valence-corrected chi connectivity index (χ2v) is 4.80. The summed E-state index contributed by atoms with van der Waals surface area (Å²) < 4.78 is 10.4. The average Bonchev–Trinajstić information content (AvgIpc) is 2.49. The summed E-state index contributed by atoms with van der Waals surface area (Å²) in [5, 5.41) is 0. The van der Waals surface area contributed by atoms with Gasteiger partial charge < -0.3 is 19.8 Å². The van der Waals surface area contributed by atoms with Gasteiger partial charge in [0, 0.05) is 39.3 Å². The lowest BCUT2D eigenvalue weighted by Gasteiger charge is -2.26. The van der Waals surface area contributed by atoms with Crippen LogP contribution in [0.15, 0.2) is 0 Å². The summed E-state index contributed by atoms with van der Waals surface area (Å²) in [6.07, 6.45) is 1.81. The first-order valence-electron chi connectivity index (χ1n) is 7.24. The molecule has 0 saturated carbocycles. The Kier molecular flexibility index (Phi) is 7.96. The van der Waals surface area contributed by atoms with E-state index in [9.17, 15) is 0 Å². The first-order chi connectivity index (χ1) is 10.2. The summed E-state index contributed by atoms with van der Waals surface area (Å²) in [4.78, 5) is 11.3. The van der Waals surface area contributed by atoms with Gasteiger partial charge in [0.2, 0.25) is 0 Å². The Bertz CT molecular complexity index is 420. The largest absolute Gasteiger partial charge is 0.383 e. The topological polar surface area (TPSA) is 85.5 Å². The minimum Gasteiger partial charge on any atom is -0.383 e. The van der Waals surface area contributed by atoms with Gasteiger partial charge in [-0.25, -0.2) is 15.8 Å². The van der Waals surface area contributed by atoms with Crippen molar-refractivity contribution in [3.63, 3.8) is 0 Å². The van der Waals surface area contributed by atoms with E-state index < -0.39 is 0 Å². The maximum Gasteiger partial charge on any atom is 0.148 e. The van der Waals surface area contributed by atoms with Crippen LogP contribution in [0, 0.1) is 6.92 Å². The predicted molar refractivity (Wildman–Crippen MR) is 84.5 cm³/mol. The van der Waals surface area contributed by atoms with Gasteiger partial charge in [0.05, 0.1) is 13.2 Å².